The van der Waals surface area contributed by atoms with Crippen LogP contribution < -0.4 is 5.32 Å². The van der Waals surface area contributed by atoms with Crippen molar-refractivity contribution in [3.8, 4) is 0 Å². The number of hydrogen-bond donors (Lipinski definition) is 1. The first-order valence-corrected chi connectivity index (χ1v) is 7.83. The van der Waals surface area contributed by atoms with Gasteiger partial charge in [0, 0.05) is 30.8 Å². The molecule has 0 bridgehead atoms. The molecule has 1 N–H and O–H groups in total. The first-order valence-electron chi connectivity index (χ1n) is 5.94. The van der Waals surface area contributed by atoms with Gasteiger partial charge in [0.1, 0.15) is 0 Å². The van der Waals surface area contributed by atoms with Crippen LogP contribution in [-0.2, 0) is 16.4 Å². The number of sulfone groups is 1. The van der Waals surface area contributed by atoms with E-state index in [-0.39, 0.29) is 23.2 Å². The van der Waals surface area contributed by atoms with Crippen LogP contribution in [0.25, 0.3) is 0 Å². The molecule has 0 aliphatic carbocycles. The van der Waals surface area contributed by atoms with Crippen molar-refractivity contribution in [2.45, 2.75) is 11.4 Å². The number of aromatic nitrogens is 1. The lowest BCUT2D eigenvalue weighted by Crippen LogP contribution is -2.22. The van der Waals surface area contributed by atoms with Crippen molar-refractivity contribution in [2.24, 2.45) is 0 Å². The smallest absolute Gasteiger partial charge is 0.251 e. The Morgan fingerprint density at radius 1 is 1.10 bits per heavy atom. The maximum Gasteiger partial charge on any atom is 0.251 e. The zero-order valence-electron chi connectivity index (χ0n) is 11.3. The minimum absolute atomic E-state index is 0. The number of nitrogens with zero attached hydrogens (tertiary/aromatic N) is 1. The van der Waals surface area contributed by atoms with Gasteiger partial charge in [-0.1, -0.05) is 12.1 Å². The summed E-state index contributed by atoms with van der Waals surface area (Å²) in [5.74, 6) is -0.195. The lowest BCUT2D eigenvalue weighted by atomic mass is 10.2. The van der Waals surface area contributed by atoms with Crippen molar-refractivity contribution in [3.05, 3.63) is 59.9 Å². The van der Waals surface area contributed by atoms with Crippen LogP contribution in [0.2, 0.25) is 0 Å². The number of amides is 1. The van der Waals surface area contributed by atoms with Gasteiger partial charge in [-0.3, -0.25) is 9.78 Å². The molecular weight excluding hydrogens is 312 g/mol. The fourth-order valence-electron chi connectivity index (χ4n) is 1.64. The van der Waals surface area contributed by atoms with Crippen molar-refractivity contribution < 1.29 is 13.2 Å². The van der Waals surface area contributed by atoms with Gasteiger partial charge in [0.2, 0.25) is 0 Å². The molecule has 1 heterocycles. The first kappa shape index (κ1) is 17.1. The van der Waals surface area contributed by atoms with Gasteiger partial charge in [0.05, 0.1) is 4.90 Å². The highest BCUT2D eigenvalue weighted by Gasteiger charge is 2.07. The first-order chi connectivity index (χ1) is 9.47. The molecule has 5 nitrogen and oxygen atoms in total. The number of halogens is 1. The second kappa shape index (κ2) is 7.19. The van der Waals surface area contributed by atoms with E-state index in [1.54, 1.807) is 36.7 Å². The molecule has 0 fully saturated rings. The number of carbonyl (C=O) groups excluding carboxylic acids is 1. The molecule has 0 unspecified atom stereocenters. The maximum absolute atomic E-state index is 11.8. The maximum atomic E-state index is 11.8. The highest BCUT2D eigenvalue weighted by molar-refractivity contribution is 7.90. The van der Waals surface area contributed by atoms with E-state index in [9.17, 15) is 13.2 Å². The highest BCUT2D eigenvalue weighted by Crippen LogP contribution is 2.10. The fraction of sp³-hybridized carbons (Fsp3) is 0.143. The Morgan fingerprint density at radius 3 is 2.19 bits per heavy atom. The molecule has 1 aromatic carbocycles. The molecule has 2 rings (SSSR count). The molecule has 0 aliphatic rings. The van der Waals surface area contributed by atoms with Gasteiger partial charge in [-0.05, 0) is 29.8 Å². The summed E-state index contributed by atoms with van der Waals surface area (Å²) in [7, 11) is -3.19. The van der Waals surface area contributed by atoms with Crippen LogP contribution in [0.5, 0.6) is 0 Å². The normalized spacial score (nSPS) is 10.5. The SMILES string of the molecule is CS(=O)(=O)c1ccc(CNC(=O)c2ccncc2)cc1.Cl. The van der Waals surface area contributed by atoms with Crippen LogP contribution >= 0.6 is 12.4 Å². The number of nitrogens with one attached hydrogen (secondary N) is 1. The Hall–Kier alpha value is -1.92. The predicted molar refractivity (Wildman–Crippen MR) is 82.2 cm³/mol. The molecule has 1 amide bonds. The van der Waals surface area contributed by atoms with E-state index in [4.69, 9.17) is 0 Å². The summed E-state index contributed by atoms with van der Waals surface area (Å²) < 4.78 is 22.6. The largest absolute Gasteiger partial charge is 0.348 e. The number of benzene rings is 1. The van der Waals surface area contributed by atoms with Gasteiger partial charge in [-0.2, -0.15) is 0 Å². The van der Waals surface area contributed by atoms with Crippen molar-refractivity contribution >= 4 is 28.2 Å². The third kappa shape index (κ3) is 4.84. The summed E-state index contributed by atoms with van der Waals surface area (Å²) in [6.45, 7) is 0.338. The van der Waals surface area contributed by atoms with Crippen LogP contribution in [0.3, 0.4) is 0 Å². The third-order valence-electron chi connectivity index (χ3n) is 2.75. The van der Waals surface area contributed by atoms with Crippen LogP contribution in [0.15, 0.2) is 53.7 Å². The Balaban J connectivity index is 0.00000220. The minimum Gasteiger partial charge on any atom is -0.348 e. The molecule has 21 heavy (non-hydrogen) atoms. The Labute approximate surface area is 129 Å². The molecule has 0 saturated carbocycles. The van der Waals surface area contributed by atoms with Crippen LogP contribution in [0.1, 0.15) is 15.9 Å². The van der Waals surface area contributed by atoms with Gasteiger partial charge in [-0.15, -0.1) is 12.4 Å². The second-order valence-electron chi connectivity index (χ2n) is 4.33. The van der Waals surface area contributed by atoms with E-state index < -0.39 is 9.84 Å². The monoisotopic (exact) mass is 326 g/mol. The van der Waals surface area contributed by atoms with Gasteiger partial charge in [-0.25, -0.2) is 8.42 Å². The Bertz CT molecular complexity index is 701. The minimum atomic E-state index is -3.19. The van der Waals surface area contributed by atoms with Crippen molar-refractivity contribution in [3.63, 3.8) is 0 Å². The summed E-state index contributed by atoms with van der Waals surface area (Å²) in [5.41, 5.74) is 1.37. The summed E-state index contributed by atoms with van der Waals surface area (Å²) in [6, 6.07) is 9.68. The van der Waals surface area contributed by atoms with Gasteiger partial charge in [0.25, 0.3) is 5.91 Å². The molecule has 0 aliphatic heterocycles. The van der Waals surface area contributed by atoms with Crippen molar-refractivity contribution in [1.82, 2.24) is 10.3 Å². The van der Waals surface area contributed by atoms with Gasteiger partial charge < -0.3 is 5.32 Å². The van der Waals surface area contributed by atoms with E-state index in [2.05, 4.69) is 10.3 Å². The summed E-state index contributed by atoms with van der Waals surface area (Å²) in [4.78, 5) is 15.9. The van der Waals surface area contributed by atoms with Crippen molar-refractivity contribution in [1.29, 1.82) is 0 Å². The Kier molecular flexibility index (Phi) is 5.87. The van der Waals surface area contributed by atoms with E-state index >= 15 is 0 Å². The lowest BCUT2D eigenvalue weighted by molar-refractivity contribution is 0.0951. The van der Waals surface area contributed by atoms with Crippen LogP contribution in [-0.4, -0.2) is 25.6 Å². The molecule has 7 heteroatoms. The molecule has 0 saturated heterocycles. The van der Waals surface area contributed by atoms with Crippen molar-refractivity contribution in [2.75, 3.05) is 6.26 Å². The number of rotatable bonds is 4. The molecular formula is C14H15ClN2O3S. The standard InChI is InChI=1S/C14H14N2O3S.ClH/c1-20(18,19)13-4-2-11(3-5-13)10-16-14(17)12-6-8-15-9-7-12;/h2-9H,10H2,1H3,(H,16,17);1H. The second-order valence-corrected chi connectivity index (χ2v) is 6.35. The molecule has 0 atom stereocenters. The number of pyridine rings is 1. The summed E-state index contributed by atoms with van der Waals surface area (Å²) >= 11 is 0. The quantitative estimate of drug-likeness (QED) is 0.930. The van der Waals surface area contributed by atoms with E-state index in [0.29, 0.717) is 12.1 Å². The molecule has 1 aromatic heterocycles. The van der Waals surface area contributed by atoms with E-state index in [1.807, 2.05) is 0 Å². The summed E-state index contributed by atoms with van der Waals surface area (Å²) in [5, 5.41) is 2.76. The average molecular weight is 327 g/mol. The lowest BCUT2D eigenvalue weighted by Gasteiger charge is -2.06. The van der Waals surface area contributed by atoms with E-state index in [0.717, 1.165) is 11.8 Å². The van der Waals surface area contributed by atoms with Crippen LogP contribution in [0.4, 0.5) is 0 Å². The molecule has 112 valence electrons. The molecule has 0 spiro atoms. The molecule has 2 aromatic rings. The third-order valence-corrected chi connectivity index (χ3v) is 3.88. The molecule has 0 radical (unpaired) electrons. The predicted octanol–water partition coefficient (Wildman–Crippen LogP) is 1.84. The topological polar surface area (TPSA) is 76.1 Å². The zero-order valence-corrected chi connectivity index (χ0v) is 12.9. The van der Waals surface area contributed by atoms with Crippen LogP contribution in [0, 0.1) is 0 Å². The fourth-order valence-corrected chi connectivity index (χ4v) is 2.27. The Morgan fingerprint density at radius 2 is 1.67 bits per heavy atom. The average Bonchev–Trinajstić information content (AvgIpc) is 2.45. The highest BCUT2D eigenvalue weighted by atomic mass is 35.5. The number of hydrogen-bond acceptors (Lipinski definition) is 4. The summed E-state index contributed by atoms with van der Waals surface area (Å²) in [6.07, 6.45) is 4.26. The van der Waals surface area contributed by atoms with Gasteiger partial charge in [0.15, 0.2) is 9.84 Å². The zero-order chi connectivity index (χ0) is 14.6. The number of carbonyl (C=O) groups is 1. The van der Waals surface area contributed by atoms with E-state index in [1.165, 1.54) is 12.1 Å². The van der Waals surface area contributed by atoms with Gasteiger partial charge >= 0.3 is 0 Å².